The van der Waals surface area contributed by atoms with E-state index >= 15 is 0 Å². The molecule has 0 fully saturated rings. The summed E-state index contributed by atoms with van der Waals surface area (Å²) in [5, 5.41) is 11.5. The fraction of sp³-hybridized carbons (Fsp3) is 0.400. The summed E-state index contributed by atoms with van der Waals surface area (Å²) in [6.45, 7) is 4.73. The molecule has 1 amide bonds. The van der Waals surface area contributed by atoms with Gasteiger partial charge in [-0.2, -0.15) is 10.2 Å². The van der Waals surface area contributed by atoms with E-state index < -0.39 is 0 Å². The zero-order valence-corrected chi connectivity index (χ0v) is 16.9. The number of nitrogens with zero attached hydrogens (tertiary/aromatic N) is 5. The van der Waals surface area contributed by atoms with Gasteiger partial charge >= 0.3 is 0 Å². The third kappa shape index (κ3) is 3.90. The summed E-state index contributed by atoms with van der Waals surface area (Å²) < 4.78 is 3.46. The minimum Gasteiger partial charge on any atom is -0.396 e. The van der Waals surface area contributed by atoms with Crippen molar-refractivity contribution in [2.45, 2.75) is 33.1 Å². The van der Waals surface area contributed by atoms with E-state index in [4.69, 9.17) is 5.73 Å². The van der Waals surface area contributed by atoms with Crippen molar-refractivity contribution in [3.8, 4) is 22.4 Å². The van der Waals surface area contributed by atoms with Crippen LogP contribution in [0, 0.1) is 6.92 Å². The van der Waals surface area contributed by atoms with E-state index in [0.717, 1.165) is 41.6 Å². The fourth-order valence-electron chi connectivity index (χ4n) is 3.09. The number of nitrogens with one attached hydrogen (secondary N) is 1. The quantitative estimate of drug-likeness (QED) is 0.613. The van der Waals surface area contributed by atoms with Crippen LogP contribution in [0.15, 0.2) is 24.7 Å². The highest BCUT2D eigenvalue weighted by atomic mass is 16.1. The van der Waals surface area contributed by atoms with Crippen molar-refractivity contribution in [3.63, 3.8) is 0 Å². The molecule has 0 aromatic carbocycles. The number of aryl methyl sites for hydroxylation is 2. The molecule has 8 heteroatoms. The SMILES string of the molecule is CCCCCNC(=O)c1cc(-c2cnn(C)c2C)c(N)c(-c2cnn(C)c2)n1. The molecule has 28 heavy (non-hydrogen) atoms. The molecule has 0 aliphatic carbocycles. The van der Waals surface area contributed by atoms with Crippen LogP contribution in [-0.4, -0.2) is 37.0 Å². The van der Waals surface area contributed by atoms with Crippen LogP contribution in [-0.2, 0) is 14.1 Å². The first-order valence-corrected chi connectivity index (χ1v) is 9.49. The molecule has 8 nitrogen and oxygen atoms in total. The molecule has 0 saturated heterocycles. The summed E-state index contributed by atoms with van der Waals surface area (Å²) in [4.78, 5) is 17.3. The first-order valence-electron chi connectivity index (χ1n) is 9.49. The average Bonchev–Trinajstić information content (AvgIpc) is 3.25. The van der Waals surface area contributed by atoms with Crippen LogP contribution in [0.2, 0.25) is 0 Å². The lowest BCUT2D eigenvalue weighted by Gasteiger charge is -2.13. The maximum atomic E-state index is 12.7. The first kappa shape index (κ1) is 19.6. The smallest absolute Gasteiger partial charge is 0.269 e. The lowest BCUT2D eigenvalue weighted by atomic mass is 10.0. The summed E-state index contributed by atoms with van der Waals surface area (Å²) >= 11 is 0. The molecular weight excluding hydrogens is 354 g/mol. The lowest BCUT2D eigenvalue weighted by molar-refractivity contribution is 0.0948. The van der Waals surface area contributed by atoms with E-state index in [1.165, 1.54) is 0 Å². The third-order valence-corrected chi connectivity index (χ3v) is 4.86. The molecule has 3 rings (SSSR count). The molecule has 0 aliphatic rings. The zero-order chi connectivity index (χ0) is 20.3. The number of pyridine rings is 1. The van der Waals surface area contributed by atoms with Crippen LogP contribution in [0.4, 0.5) is 5.69 Å². The Morgan fingerprint density at radius 3 is 2.57 bits per heavy atom. The number of nitrogen functional groups attached to an aromatic ring is 1. The third-order valence-electron chi connectivity index (χ3n) is 4.86. The largest absolute Gasteiger partial charge is 0.396 e. The van der Waals surface area contributed by atoms with Crippen molar-refractivity contribution < 1.29 is 4.79 Å². The Balaban J connectivity index is 2.06. The predicted molar refractivity (Wildman–Crippen MR) is 110 cm³/mol. The van der Waals surface area contributed by atoms with Gasteiger partial charge in [-0.05, 0) is 19.4 Å². The van der Waals surface area contributed by atoms with Crippen LogP contribution in [0.3, 0.4) is 0 Å². The summed E-state index contributed by atoms with van der Waals surface area (Å²) in [5.41, 5.74) is 11.2. The minimum absolute atomic E-state index is 0.205. The maximum Gasteiger partial charge on any atom is 0.269 e. The van der Waals surface area contributed by atoms with Crippen LogP contribution < -0.4 is 11.1 Å². The highest BCUT2D eigenvalue weighted by molar-refractivity contribution is 5.97. The van der Waals surface area contributed by atoms with Gasteiger partial charge in [0.15, 0.2) is 0 Å². The molecule has 3 aromatic heterocycles. The van der Waals surface area contributed by atoms with Gasteiger partial charge in [-0.25, -0.2) is 4.98 Å². The van der Waals surface area contributed by atoms with Gasteiger partial charge in [0.2, 0.25) is 0 Å². The summed E-state index contributed by atoms with van der Waals surface area (Å²) in [7, 11) is 3.70. The Hall–Kier alpha value is -3.16. The molecule has 0 bridgehead atoms. The number of carbonyl (C=O) groups excluding carboxylic acids is 1. The van der Waals surface area contributed by atoms with Gasteiger partial charge in [-0.1, -0.05) is 19.8 Å². The first-order chi connectivity index (χ1) is 13.4. The van der Waals surface area contributed by atoms with Crippen molar-refractivity contribution in [2.24, 2.45) is 14.1 Å². The Morgan fingerprint density at radius 1 is 1.18 bits per heavy atom. The van der Waals surface area contributed by atoms with Gasteiger partial charge in [0.1, 0.15) is 5.69 Å². The van der Waals surface area contributed by atoms with Gasteiger partial charge < -0.3 is 11.1 Å². The molecular formula is C20H27N7O. The van der Waals surface area contributed by atoms with E-state index in [-0.39, 0.29) is 5.91 Å². The molecule has 3 heterocycles. The molecule has 0 aliphatic heterocycles. The second kappa shape index (κ2) is 8.24. The van der Waals surface area contributed by atoms with Gasteiger partial charge in [0.05, 0.1) is 23.8 Å². The number of unbranched alkanes of at least 4 members (excludes halogenated alkanes) is 2. The second-order valence-electron chi connectivity index (χ2n) is 6.95. The van der Waals surface area contributed by atoms with Gasteiger partial charge in [0.25, 0.3) is 5.91 Å². The topological polar surface area (TPSA) is 104 Å². The summed E-state index contributed by atoms with van der Waals surface area (Å²) in [6.07, 6.45) is 8.42. The number of aromatic nitrogens is 5. The fourth-order valence-corrected chi connectivity index (χ4v) is 3.09. The van der Waals surface area contributed by atoms with E-state index in [1.807, 2.05) is 27.2 Å². The van der Waals surface area contributed by atoms with Crippen molar-refractivity contribution in [1.29, 1.82) is 0 Å². The molecule has 0 saturated carbocycles. The van der Waals surface area contributed by atoms with E-state index in [2.05, 4.69) is 27.4 Å². The Labute approximate surface area is 164 Å². The number of carbonyl (C=O) groups is 1. The van der Waals surface area contributed by atoms with Gasteiger partial charge in [-0.15, -0.1) is 0 Å². The van der Waals surface area contributed by atoms with Crippen LogP contribution in [0.5, 0.6) is 0 Å². The van der Waals surface area contributed by atoms with Crippen LogP contribution >= 0.6 is 0 Å². The molecule has 3 N–H and O–H groups in total. The Kier molecular flexibility index (Phi) is 5.77. The average molecular weight is 381 g/mol. The standard InChI is InChI=1S/C20H27N7O/c1-5-6-7-8-22-20(28)17-9-15(16-11-24-27(4)13(16)2)18(21)19(25-17)14-10-23-26(3)12-14/h9-12H,5-8,21H2,1-4H3,(H,22,28). The number of nitrogens with two attached hydrogens (primary N) is 1. The van der Waals surface area contributed by atoms with E-state index in [1.54, 1.807) is 27.8 Å². The number of hydrogen-bond acceptors (Lipinski definition) is 5. The van der Waals surface area contributed by atoms with Crippen molar-refractivity contribution in [3.05, 3.63) is 36.0 Å². The van der Waals surface area contributed by atoms with Crippen molar-refractivity contribution in [2.75, 3.05) is 12.3 Å². The predicted octanol–water partition coefficient (Wildman–Crippen LogP) is 2.69. The molecule has 0 radical (unpaired) electrons. The van der Waals surface area contributed by atoms with Crippen LogP contribution in [0.25, 0.3) is 22.4 Å². The normalized spacial score (nSPS) is 11.0. The van der Waals surface area contributed by atoms with E-state index in [0.29, 0.717) is 23.6 Å². The van der Waals surface area contributed by atoms with Crippen molar-refractivity contribution >= 4 is 11.6 Å². The summed E-state index contributed by atoms with van der Waals surface area (Å²) in [6, 6.07) is 1.74. The second-order valence-corrected chi connectivity index (χ2v) is 6.95. The number of rotatable bonds is 7. The monoisotopic (exact) mass is 381 g/mol. The van der Waals surface area contributed by atoms with E-state index in [9.17, 15) is 4.79 Å². The molecule has 0 unspecified atom stereocenters. The number of hydrogen-bond donors (Lipinski definition) is 2. The highest BCUT2D eigenvalue weighted by Gasteiger charge is 2.20. The summed E-state index contributed by atoms with van der Waals surface area (Å²) in [5.74, 6) is -0.205. The van der Waals surface area contributed by atoms with Crippen molar-refractivity contribution in [1.82, 2.24) is 29.9 Å². The molecule has 0 atom stereocenters. The number of amides is 1. The van der Waals surface area contributed by atoms with Gasteiger partial charge in [0, 0.05) is 49.2 Å². The molecule has 0 spiro atoms. The number of anilines is 1. The maximum absolute atomic E-state index is 12.7. The minimum atomic E-state index is -0.205. The molecule has 148 valence electrons. The highest BCUT2D eigenvalue weighted by Crippen LogP contribution is 2.35. The Bertz CT molecular complexity index is 987. The lowest BCUT2D eigenvalue weighted by Crippen LogP contribution is -2.25. The van der Waals surface area contributed by atoms with Gasteiger partial charge in [-0.3, -0.25) is 14.2 Å². The Morgan fingerprint density at radius 2 is 1.96 bits per heavy atom. The van der Waals surface area contributed by atoms with Crippen LogP contribution in [0.1, 0.15) is 42.4 Å². The zero-order valence-electron chi connectivity index (χ0n) is 16.9. The molecule has 3 aromatic rings.